The topological polar surface area (TPSA) is 134 Å². The van der Waals surface area contributed by atoms with E-state index in [0.29, 0.717) is 55.8 Å². The monoisotopic (exact) mass is 612 g/mol. The fourth-order valence-corrected chi connectivity index (χ4v) is 6.83. The second kappa shape index (κ2) is 11.9. The molecule has 1 aliphatic carbocycles. The SMILES string of the molecule is COc1ccc(C2C(C#N)=C(N)N(c3nnc(SCC(=O)Nc4ccc(Cl)cc4Cl)s3)C3=C2C(=O)CCC3)cc1. The number of thioether (sulfide) groups is 1. The number of methoxy groups -OCH3 is 1. The fraction of sp³-hybridized carbons (Fsp3) is 0.222. The molecule has 2 aromatic carbocycles. The number of ketones is 1. The van der Waals surface area contributed by atoms with Crippen molar-refractivity contribution in [2.45, 2.75) is 29.5 Å². The van der Waals surface area contributed by atoms with Crippen LogP contribution in [0.4, 0.5) is 10.8 Å². The number of Topliss-reactive ketones (excluding diaryl/α,β-unsaturated/α-hetero) is 1. The van der Waals surface area contributed by atoms with Crippen LogP contribution >= 0.6 is 46.3 Å². The molecule has 0 radical (unpaired) electrons. The molecule has 0 saturated heterocycles. The molecule has 0 fully saturated rings. The summed E-state index contributed by atoms with van der Waals surface area (Å²) in [4.78, 5) is 27.4. The molecule has 1 atom stereocenters. The van der Waals surface area contributed by atoms with Crippen LogP contribution < -0.4 is 20.7 Å². The van der Waals surface area contributed by atoms with E-state index < -0.39 is 5.92 Å². The Morgan fingerprint density at radius 3 is 2.73 bits per heavy atom. The zero-order chi connectivity index (χ0) is 28.4. The van der Waals surface area contributed by atoms with Gasteiger partial charge in [-0.25, -0.2) is 0 Å². The first-order valence-electron chi connectivity index (χ1n) is 12.1. The number of benzene rings is 2. The van der Waals surface area contributed by atoms with Gasteiger partial charge in [-0.15, -0.1) is 10.2 Å². The summed E-state index contributed by atoms with van der Waals surface area (Å²) in [6.07, 6.45) is 1.65. The molecule has 0 bridgehead atoms. The molecule has 3 aromatic rings. The lowest BCUT2D eigenvalue weighted by atomic mass is 9.76. The predicted molar refractivity (Wildman–Crippen MR) is 157 cm³/mol. The molecule has 2 heterocycles. The minimum absolute atomic E-state index is 0.0241. The van der Waals surface area contributed by atoms with Crippen molar-refractivity contribution < 1.29 is 14.3 Å². The van der Waals surface area contributed by atoms with E-state index in [1.807, 2.05) is 12.1 Å². The van der Waals surface area contributed by atoms with E-state index in [4.69, 9.17) is 33.7 Å². The number of hydrogen-bond acceptors (Lipinski definition) is 10. The number of nitrogens with two attached hydrogens (primary N) is 1. The van der Waals surface area contributed by atoms with Crippen LogP contribution in [0.15, 0.2) is 69.5 Å². The maximum Gasteiger partial charge on any atom is 0.234 e. The highest BCUT2D eigenvalue weighted by Gasteiger charge is 2.41. The Morgan fingerprint density at radius 1 is 1.25 bits per heavy atom. The van der Waals surface area contributed by atoms with Crippen LogP contribution in [0.3, 0.4) is 0 Å². The van der Waals surface area contributed by atoms with Crippen molar-refractivity contribution >= 4 is 68.8 Å². The molecule has 1 aliphatic heterocycles. The van der Waals surface area contributed by atoms with Crippen LogP contribution in [0.5, 0.6) is 5.75 Å². The number of halogens is 2. The van der Waals surface area contributed by atoms with Gasteiger partial charge in [-0.3, -0.25) is 14.5 Å². The molecule has 40 heavy (non-hydrogen) atoms. The van der Waals surface area contributed by atoms with Crippen molar-refractivity contribution in [2.75, 3.05) is 23.1 Å². The molecule has 9 nitrogen and oxygen atoms in total. The van der Waals surface area contributed by atoms with Gasteiger partial charge in [0.1, 0.15) is 11.6 Å². The van der Waals surface area contributed by atoms with E-state index in [1.54, 1.807) is 42.3 Å². The van der Waals surface area contributed by atoms with Crippen molar-refractivity contribution in [1.29, 1.82) is 5.26 Å². The Morgan fingerprint density at radius 2 is 2.02 bits per heavy atom. The summed E-state index contributed by atoms with van der Waals surface area (Å²) in [6, 6.07) is 14.3. The van der Waals surface area contributed by atoms with Gasteiger partial charge in [0.15, 0.2) is 10.1 Å². The molecule has 1 unspecified atom stereocenters. The van der Waals surface area contributed by atoms with Gasteiger partial charge in [0, 0.05) is 22.7 Å². The van der Waals surface area contributed by atoms with Crippen LogP contribution in [0.2, 0.25) is 10.0 Å². The molecule has 204 valence electrons. The van der Waals surface area contributed by atoms with Crippen LogP contribution in [-0.2, 0) is 9.59 Å². The van der Waals surface area contributed by atoms with Gasteiger partial charge < -0.3 is 15.8 Å². The molecule has 1 aromatic heterocycles. The summed E-state index contributed by atoms with van der Waals surface area (Å²) < 4.78 is 5.80. The lowest BCUT2D eigenvalue weighted by Crippen LogP contribution is -2.38. The minimum Gasteiger partial charge on any atom is -0.497 e. The average Bonchev–Trinajstić information content (AvgIpc) is 3.41. The third-order valence-electron chi connectivity index (χ3n) is 6.48. The first-order valence-corrected chi connectivity index (χ1v) is 14.7. The maximum atomic E-state index is 13.3. The molecule has 2 aliphatic rings. The molecule has 0 saturated carbocycles. The zero-order valence-corrected chi connectivity index (χ0v) is 24.3. The maximum absolute atomic E-state index is 13.3. The Kier molecular flexibility index (Phi) is 8.32. The largest absolute Gasteiger partial charge is 0.497 e. The standard InChI is InChI=1S/C27H22Cl2N6O3S2/c1-38-16-8-5-14(6-9-16)23-17(12-30)25(31)35(20-3-2-4-21(36)24(20)23)26-33-34-27(40-26)39-13-22(37)32-19-10-7-15(28)11-18(19)29/h5-11,23H,2-4,13,31H2,1H3,(H,32,37). The molecule has 3 N–H and O–H groups in total. The van der Waals surface area contributed by atoms with Gasteiger partial charge in [0.25, 0.3) is 0 Å². The smallest absolute Gasteiger partial charge is 0.234 e. The normalized spacial score (nSPS) is 17.0. The second-order valence-electron chi connectivity index (χ2n) is 8.90. The van der Waals surface area contributed by atoms with Crippen molar-refractivity contribution in [3.63, 3.8) is 0 Å². The number of nitriles is 1. The second-order valence-corrected chi connectivity index (χ2v) is 11.9. The fourth-order valence-electron chi connectivity index (χ4n) is 4.69. The summed E-state index contributed by atoms with van der Waals surface area (Å²) in [7, 11) is 1.58. The number of aromatic nitrogens is 2. The number of nitrogens with zero attached hydrogens (tertiary/aromatic N) is 4. The van der Waals surface area contributed by atoms with Crippen molar-refractivity contribution in [3.8, 4) is 11.8 Å². The third kappa shape index (κ3) is 5.53. The molecular formula is C27H22Cl2N6O3S2. The van der Waals surface area contributed by atoms with Gasteiger partial charge in [0.2, 0.25) is 11.0 Å². The molecule has 1 amide bonds. The molecular weight excluding hydrogens is 591 g/mol. The summed E-state index contributed by atoms with van der Waals surface area (Å²) in [5.74, 6) is 0.0579. The number of anilines is 2. The zero-order valence-electron chi connectivity index (χ0n) is 21.1. The van der Waals surface area contributed by atoms with Crippen LogP contribution in [0.25, 0.3) is 0 Å². The van der Waals surface area contributed by atoms with Crippen molar-refractivity contribution in [1.82, 2.24) is 10.2 Å². The van der Waals surface area contributed by atoms with E-state index in [-0.39, 0.29) is 28.8 Å². The Labute approximate surface area is 248 Å². The number of hydrogen-bond donors (Lipinski definition) is 2. The Hall–Kier alpha value is -3.56. The van der Waals surface area contributed by atoms with Gasteiger partial charge in [-0.2, -0.15) is 5.26 Å². The van der Waals surface area contributed by atoms with E-state index in [9.17, 15) is 14.9 Å². The summed E-state index contributed by atoms with van der Waals surface area (Å²) in [6.45, 7) is 0. The van der Waals surface area contributed by atoms with Crippen LogP contribution in [0.1, 0.15) is 30.7 Å². The predicted octanol–water partition coefficient (Wildman–Crippen LogP) is 5.89. The number of amides is 1. The number of carbonyl (C=O) groups is 2. The minimum atomic E-state index is -0.583. The van der Waals surface area contributed by atoms with Crippen LogP contribution in [-0.4, -0.2) is 34.8 Å². The highest BCUT2D eigenvalue weighted by molar-refractivity contribution is 8.01. The Bertz CT molecular complexity index is 1600. The van der Waals surface area contributed by atoms with E-state index in [0.717, 1.165) is 11.3 Å². The van der Waals surface area contributed by atoms with Gasteiger partial charge in [-0.1, -0.05) is 58.4 Å². The average molecular weight is 614 g/mol. The summed E-state index contributed by atoms with van der Waals surface area (Å²) >= 11 is 14.5. The van der Waals surface area contributed by atoms with E-state index in [1.165, 1.54) is 23.1 Å². The lowest BCUT2D eigenvalue weighted by Gasteiger charge is -2.38. The molecule has 13 heteroatoms. The number of ether oxygens (including phenoxy) is 1. The lowest BCUT2D eigenvalue weighted by molar-refractivity contribution is -0.116. The first kappa shape index (κ1) is 28.0. The van der Waals surface area contributed by atoms with Crippen molar-refractivity contribution in [3.05, 3.63) is 80.7 Å². The highest BCUT2D eigenvalue weighted by Crippen LogP contribution is 2.47. The first-order chi connectivity index (χ1) is 19.3. The van der Waals surface area contributed by atoms with Gasteiger partial charge >= 0.3 is 0 Å². The Balaban J connectivity index is 1.41. The molecule has 5 rings (SSSR count). The number of allylic oxidation sites excluding steroid dienone is 3. The van der Waals surface area contributed by atoms with Crippen LogP contribution in [0, 0.1) is 11.3 Å². The third-order valence-corrected chi connectivity index (χ3v) is 9.07. The van der Waals surface area contributed by atoms with Crippen molar-refractivity contribution in [2.24, 2.45) is 5.73 Å². The summed E-state index contributed by atoms with van der Waals surface area (Å²) in [5, 5.41) is 22.7. The summed E-state index contributed by atoms with van der Waals surface area (Å²) in [5.41, 5.74) is 9.37. The van der Waals surface area contributed by atoms with Gasteiger partial charge in [-0.05, 0) is 48.7 Å². The number of carbonyl (C=O) groups excluding carboxylic acids is 2. The number of rotatable bonds is 7. The van der Waals surface area contributed by atoms with Gasteiger partial charge in [0.05, 0.1) is 41.1 Å². The molecule has 0 spiro atoms. The van der Waals surface area contributed by atoms with E-state index >= 15 is 0 Å². The quantitative estimate of drug-likeness (QED) is 0.313. The van der Waals surface area contributed by atoms with E-state index in [2.05, 4.69) is 21.6 Å². The number of nitrogens with one attached hydrogen (secondary N) is 1. The highest BCUT2D eigenvalue weighted by atomic mass is 35.5.